The van der Waals surface area contributed by atoms with Gasteiger partial charge in [-0.1, -0.05) is 44.5 Å². The maximum absolute atomic E-state index is 12.1. The minimum Gasteiger partial charge on any atom is -0.310 e. The molecule has 0 aliphatic heterocycles. The second-order valence-corrected chi connectivity index (χ2v) is 8.07. The minimum atomic E-state index is -3.22. The summed E-state index contributed by atoms with van der Waals surface area (Å²) >= 11 is 0. The lowest BCUT2D eigenvalue weighted by Gasteiger charge is -2.25. The van der Waals surface area contributed by atoms with E-state index in [4.69, 9.17) is 0 Å². The fourth-order valence-corrected chi connectivity index (χ4v) is 3.57. The van der Waals surface area contributed by atoms with Crippen molar-refractivity contribution in [3.8, 4) is 0 Å². The van der Waals surface area contributed by atoms with E-state index in [1.54, 1.807) is 0 Å². The summed E-state index contributed by atoms with van der Waals surface area (Å²) < 4.78 is 26.9. The zero-order valence-corrected chi connectivity index (χ0v) is 13.7. The first-order valence-corrected chi connectivity index (χ1v) is 9.38. The Kier molecular flexibility index (Phi) is 5.79. The molecule has 2 rings (SSSR count). The summed E-state index contributed by atoms with van der Waals surface area (Å²) in [7, 11) is -3.22. The van der Waals surface area contributed by atoms with Crippen LogP contribution in [-0.2, 0) is 22.3 Å². The Bertz CT molecular complexity index is 551. The van der Waals surface area contributed by atoms with Gasteiger partial charge in [-0.25, -0.2) is 13.1 Å². The second kappa shape index (κ2) is 7.38. The SMILES string of the molecule is CC(C)NCc1cccc(CS(=O)(=O)NCC2CCC2)c1. The third kappa shape index (κ3) is 5.77. The van der Waals surface area contributed by atoms with Crippen molar-refractivity contribution in [2.75, 3.05) is 6.54 Å². The topological polar surface area (TPSA) is 58.2 Å². The number of rotatable bonds is 8. The Hall–Kier alpha value is -0.910. The lowest BCUT2D eigenvalue weighted by atomic mass is 9.86. The second-order valence-electron chi connectivity index (χ2n) is 6.26. The summed E-state index contributed by atoms with van der Waals surface area (Å²) in [5.41, 5.74) is 1.97. The van der Waals surface area contributed by atoms with Gasteiger partial charge in [-0.2, -0.15) is 0 Å². The van der Waals surface area contributed by atoms with E-state index in [0.717, 1.165) is 30.5 Å². The van der Waals surface area contributed by atoms with E-state index in [9.17, 15) is 8.42 Å². The van der Waals surface area contributed by atoms with Crippen LogP contribution in [0, 0.1) is 5.92 Å². The predicted molar refractivity (Wildman–Crippen MR) is 86.4 cm³/mol. The molecule has 1 fully saturated rings. The third-order valence-corrected chi connectivity index (χ3v) is 5.20. The van der Waals surface area contributed by atoms with Crippen LogP contribution in [0.4, 0.5) is 0 Å². The molecule has 4 nitrogen and oxygen atoms in total. The van der Waals surface area contributed by atoms with Crippen molar-refractivity contribution < 1.29 is 8.42 Å². The molecule has 1 aliphatic rings. The van der Waals surface area contributed by atoms with Gasteiger partial charge in [0.05, 0.1) is 5.75 Å². The van der Waals surface area contributed by atoms with E-state index >= 15 is 0 Å². The van der Waals surface area contributed by atoms with Crippen molar-refractivity contribution in [1.82, 2.24) is 10.0 Å². The molecule has 0 bridgehead atoms. The van der Waals surface area contributed by atoms with Gasteiger partial charge in [0.25, 0.3) is 0 Å². The number of benzene rings is 1. The molecule has 1 aromatic rings. The number of hydrogen-bond acceptors (Lipinski definition) is 3. The molecule has 0 heterocycles. The average molecular weight is 310 g/mol. The van der Waals surface area contributed by atoms with Crippen LogP contribution in [-0.4, -0.2) is 21.0 Å². The fraction of sp³-hybridized carbons (Fsp3) is 0.625. The summed E-state index contributed by atoms with van der Waals surface area (Å²) in [6, 6.07) is 8.21. The van der Waals surface area contributed by atoms with Crippen molar-refractivity contribution in [3.05, 3.63) is 35.4 Å². The lowest BCUT2D eigenvalue weighted by molar-refractivity contribution is 0.316. The van der Waals surface area contributed by atoms with Gasteiger partial charge in [-0.05, 0) is 29.9 Å². The summed E-state index contributed by atoms with van der Waals surface area (Å²) in [5.74, 6) is 0.608. The van der Waals surface area contributed by atoms with Crippen LogP contribution < -0.4 is 10.0 Å². The van der Waals surface area contributed by atoms with Crippen molar-refractivity contribution in [2.45, 2.75) is 51.4 Å². The van der Waals surface area contributed by atoms with Crippen molar-refractivity contribution >= 4 is 10.0 Å². The zero-order chi connectivity index (χ0) is 15.3. The monoisotopic (exact) mass is 310 g/mol. The van der Waals surface area contributed by atoms with Crippen molar-refractivity contribution in [3.63, 3.8) is 0 Å². The van der Waals surface area contributed by atoms with Crippen LogP contribution in [0.5, 0.6) is 0 Å². The van der Waals surface area contributed by atoms with Gasteiger partial charge >= 0.3 is 0 Å². The highest BCUT2D eigenvalue weighted by Gasteiger charge is 2.20. The molecule has 0 saturated heterocycles. The highest BCUT2D eigenvalue weighted by atomic mass is 32.2. The van der Waals surface area contributed by atoms with Gasteiger partial charge in [0, 0.05) is 19.1 Å². The Balaban J connectivity index is 1.89. The molecule has 1 saturated carbocycles. The molecule has 1 aliphatic carbocycles. The molecule has 1 aromatic carbocycles. The Labute approximate surface area is 128 Å². The molecule has 5 heteroatoms. The van der Waals surface area contributed by atoms with Crippen LogP contribution in [0.1, 0.15) is 44.2 Å². The van der Waals surface area contributed by atoms with Crippen LogP contribution in [0.2, 0.25) is 0 Å². The Morgan fingerprint density at radius 3 is 2.57 bits per heavy atom. The van der Waals surface area contributed by atoms with Gasteiger partial charge in [0.2, 0.25) is 10.0 Å². The third-order valence-electron chi connectivity index (χ3n) is 3.88. The van der Waals surface area contributed by atoms with E-state index in [-0.39, 0.29) is 5.75 Å². The molecule has 0 atom stereocenters. The molecule has 0 unspecified atom stereocenters. The number of sulfonamides is 1. The Morgan fingerprint density at radius 1 is 1.24 bits per heavy atom. The standard InChI is InChI=1S/C16H26N2O2S/c1-13(2)17-10-15-7-4-8-16(9-15)12-21(19,20)18-11-14-5-3-6-14/h4,7-9,13-14,17-18H,3,5-6,10-12H2,1-2H3. The normalized spacial score (nSPS) is 16.1. The van der Waals surface area contributed by atoms with Crippen LogP contribution in [0.3, 0.4) is 0 Å². The van der Waals surface area contributed by atoms with E-state index in [0.29, 0.717) is 18.5 Å². The average Bonchev–Trinajstić information content (AvgIpc) is 2.34. The molecular formula is C16H26N2O2S. The summed E-state index contributed by atoms with van der Waals surface area (Å²) in [6.45, 7) is 5.55. The van der Waals surface area contributed by atoms with Gasteiger partial charge in [0.1, 0.15) is 0 Å². The molecule has 0 aromatic heterocycles. The van der Waals surface area contributed by atoms with E-state index in [2.05, 4.69) is 23.9 Å². The number of hydrogen-bond donors (Lipinski definition) is 2. The molecule has 21 heavy (non-hydrogen) atoms. The lowest BCUT2D eigenvalue weighted by Crippen LogP contribution is -2.33. The van der Waals surface area contributed by atoms with Gasteiger partial charge in [0.15, 0.2) is 0 Å². The molecule has 0 amide bonds. The van der Waals surface area contributed by atoms with Crippen LogP contribution >= 0.6 is 0 Å². The largest absolute Gasteiger partial charge is 0.310 e. The van der Waals surface area contributed by atoms with Gasteiger partial charge in [-0.15, -0.1) is 0 Å². The quantitative estimate of drug-likeness (QED) is 0.775. The molecule has 2 N–H and O–H groups in total. The highest BCUT2D eigenvalue weighted by molar-refractivity contribution is 7.88. The van der Waals surface area contributed by atoms with Crippen molar-refractivity contribution in [1.29, 1.82) is 0 Å². The maximum atomic E-state index is 12.1. The predicted octanol–water partition coefficient (Wildman–Crippen LogP) is 2.40. The van der Waals surface area contributed by atoms with Crippen LogP contribution in [0.25, 0.3) is 0 Å². The minimum absolute atomic E-state index is 0.0647. The smallest absolute Gasteiger partial charge is 0.215 e. The first kappa shape index (κ1) is 16.5. The molecule has 118 valence electrons. The fourth-order valence-electron chi connectivity index (χ4n) is 2.36. The molecule has 0 spiro atoms. The highest BCUT2D eigenvalue weighted by Crippen LogP contribution is 2.25. The number of nitrogens with one attached hydrogen (secondary N) is 2. The van der Waals surface area contributed by atoms with Crippen LogP contribution in [0.15, 0.2) is 24.3 Å². The summed E-state index contributed by atoms with van der Waals surface area (Å²) in [6.07, 6.45) is 3.54. The van der Waals surface area contributed by atoms with Crippen molar-refractivity contribution in [2.24, 2.45) is 5.92 Å². The summed E-state index contributed by atoms with van der Waals surface area (Å²) in [5, 5.41) is 3.34. The van der Waals surface area contributed by atoms with E-state index < -0.39 is 10.0 Å². The Morgan fingerprint density at radius 2 is 1.95 bits per heavy atom. The van der Waals surface area contributed by atoms with E-state index in [1.807, 2.05) is 24.3 Å². The van der Waals surface area contributed by atoms with E-state index in [1.165, 1.54) is 6.42 Å². The van der Waals surface area contributed by atoms with Gasteiger partial charge < -0.3 is 5.32 Å². The zero-order valence-electron chi connectivity index (χ0n) is 12.9. The molecular weight excluding hydrogens is 284 g/mol. The summed E-state index contributed by atoms with van der Waals surface area (Å²) in [4.78, 5) is 0. The maximum Gasteiger partial charge on any atom is 0.215 e. The first-order chi connectivity index (χ1) is 9.94. The molecule has 0 radical (unpaired) electrons. The van der Waals surface area contributed by atoms with Gasteiger partial charge in [-0.3, -0.25) is 0 Å². The first-order valence-electron chi connectivity index (χ1n) is 7.73.